The number of carbonyl (C=O) groups is 2. The molecule has 0 unspecified atom stereocenters. The zero-order valence-electron chi connectivity index (χ0n) is 14.0. The van der Waals surface area contributed by atoms with E-state index in [2.05, 4.69) is 16.9 Å². The summed E-state index contributed by atoms with van der Waals surface area (Å²) in [5.74, 6) is -0.495. The number of anilines is 1. The van der Waals surface area contributed by atoms with E-state index in [1.807, 2.05) is 36.6 Å². The van der Waals surface area contributed by atoms with Gasteiger partial charge >= 0.3 is 0 Å². The molecule has 0 radical (unpaired) electrons. The number of thiazole rings is 1. The van der Waals surface area contributed by atoms with Crippen molar-refractivity contribution >= 4 is 45.3 Å². The molecule has 0 spiro atoms. The van der Waals surface area contributed by atoms with Crippen LogP contribution in [-0.2, 0) is 4.79 Å². The lowest BCUT2D eigenvalue weighted by molar-refractivity contribution is -0.116. The first kappa shape index (κ1) is 16.7. The minimum absolute atomic E-state index is 0.0840. The number of nitrogens with one attached hydrogen (secondary N) is 1. The number of hydrogen-bond donors (Lipinski definition) is 1. The monoisotopic (exact) mass is 381 g/mol. The number of hydrogen-bond acceptors (Lipinski definition) is 5. The van der Waals surface area contributed by atoms with Gasteiger partial charge in [0.05, 0.1) is 10.6 Å². The fourth-order valence-electron chi connectivity index (χ4n) is 2.82. The third-order valence-electron chi connectivity index (χ3n) is 4.08. The van der Waals surface area contributed by atoms with Gasteiger partial charge in [-0.15, -0.1) is 22.7 Å². The van der Waals surface area contributed by atoms with E-state index in [1.54, 1.807) is 23.5 Å². The molecule has 0 saturated carbocycles. The number of aryl methyl sites for hydroxylation is 1. The first-order chi connectivity index (χ1) is 12.5. The molecule has 0 saturated heterocycles. The van der Waals surface area contributed by atoms with E-state index in [9.17, 15) is 9.59 Å². The highest BCUT2D eigenvalue weighted by Crippen LogP contribution is 2.32. The number of amides is 2. The molecule has 3 aromatic rings. The number of rotatable bonds is 4. The van der Waals surface area contributed by atoms with Gasteiger partial charge < -0.3 is 5.32 Å². The highest BCUT2D eigenvalue weighted by Gasteiger charge is 2.31. The lowest BCUT2D eigenvalue weighted by Gasteiger charge is -2.16. The number of thiophene rings is 1. The maximum absolute atomic E-state index is 12.5. The Morgan fingerprint density at radius 2 is 2.00 bits per heavy atom. The number of carbonyl (C=O) groups excluding carboxylic acids is 2. The highest BCUT2D eigenvalue weighted by atomic mass is 32.1. The molecule has 1 aromatic carbocycles. The van der Waals surface area contributed by atoms with Gasteiger partial charge in [0.15, 0.2) is 5.13 Å². The number of fused-ring (bicyclic) bond motifs is 1. The molecule has 130 valence electrons. The van der Waals surface area contributed by atoms with Crippen LogP contribution in [0.2, 0.25) is 0 Å². The molecule has 0 atom stereocenters. The summed E-state index contributed by atoms with van der Waals surface area (Å²) in [5.41, 5.74) is 2.75. The molecule has 2 aromatic heterocycles. The molecular weight excluding hydrogens is 366 g/mol. The molecule has 2 amide bonds. The van der Waals surface area contributed by atoms with Crippen molar-refractivity contribution in [3.63, 3.8) is 0 Å². The standard InChI is InChI=1S/C19H15N3O2S2/c1-11-7-8-16(26-11)15-10-25-19(20-15)21-17(23)9-22-12(2)13-5-3-4-6-14(13)18(22)24/h3-8,10H,2,9H2,1H3,(H,20,21,23). The maximum Gasteiger partial charge on any atom is 0.259 e. The molecule has 3 heterocycles. The van der Waals surface area contributed by atoms with Crippen LogP contribution in [0.25, 0.3) is 16.3 Å². The van der Waals surface area contributed by atoms with Crippen LogP contribution < -0.4 is 5.32 Å². The molecule has 7 heteroatoms. The van der Waals surface area contributed by atoms with Gasteiger partial charge in [0.1, 0.15) is 6.54 Å². The quantitative estimate of drug-likeness (QED) is 0.735. The molecule has 0 aliphatic carbocycles. The molecule has 5 nitrogen and oxygen atoms in total. The summed E-state index contributed by atoms with van der Waals surface area (Å²) >= 11 is 3.03. The van der Waals surface area contributed by atoms with Crippen LogP contribution in [-0.4, -0.2) is 28.2 Å². The Bertz CT molecular complexity index is 1000. The predicted molar refractivity (Wildman–Crippen MR) is 105 cm³/mol. The fourth-order valence-corrected chi connectivity index (χ4v) is 4.45. The molecule has 0 bridgehead atoms. The van der Waals surface area contributed by atoms with Crippen LogP contribution in [0.3, 0.4) is 0 Å². The SMILES string of the molecule is C=C1c2ccccc2C(=O)N1CC(=O)Nc1nc(-c2ccc(C)s2)cs1. The van der Waals surface area contributed by atoms with Crippen LogP contribution in [0.5, 0.6) is 0 Å². The molecule has 26 heavy (non-hydrogen) atoms. The van der Waals surface area contributed by atoms with Crippen molar-refractivity contribution in [2.75, 3.05) is 11.9 Å². The van der Waals surface area contributed by atoms with Gasteiger partial charge in [0.2, 0.25) is 5.91 Å². The van der Waals surface area contributed by atoms with Crippen molar-refractivity contribution in [3.05, 3.63) is 64.4 Å². The van der Waals surface area contributed by atoms with Crippen LogP contribution in [0.15, 0.2) is 48.4 Å². The minimum Gasteiger partial charge on any atom is -0.300 e. The number of aromatic nitrogens is 1. The van der Waals surface area contributed by atoms with Gasteiger partial charge in [0, 0.05) is 27.1 Å². The zero-order chi connectivity index (χ0) is 18.3. The number of nitrogens with zero attached hydrogens (tertiary/aromatic N) is 2. The fraction of sp³-hybridized carbons (Fsp3) is 0.105. The third kappa shape index (κ3) is 2.95. The Hall–Kier alpha value is -2.77. The van der Waals surface area contributed by atoms with Gasteiger partial charge in [-0.25, -0.2) is 4.98 Å². The van der Waals surface area contributed by atoms with E-state index in [0.29, 0.717) is 16.4 Å². The van der Waals surface area contributed by atoms with Gasteiger partial charge in [-0.2, -0.15) is 0 Å². The van der Waals surface area contributed by atoms with Crippen LogP contribution >= 0.6 is 22.7 Å². The van der Waals surface area contributed by atoms with E-state index in [4.69, 9.17) is 0 Å². The zero-order valence-corrected chi connectivity index (χ0v) is 15.6. The first-order valence-corrected chi connectivity index (χ1v) is 9.65. The largest absolute Gasteiger partial charge is 0.300 e. The van der Waals surface area contributed by atoms with E-state index < -0.39 is 0 Å². The topological polar surface area (TPSA) is 62.3 Å². The first-order valence-electron chi connectivity index (χ1n) is 7.95. The maximum atomic E-state index is 12.5. The van der Waals surface area contributed by atoms with Crippen molar-refractivity contribution in [1.82, 2.24) is 9.88 Å². The van der Waals surface area contributed by atoms with Crippen LogP contribution in [0.4, 0.5) is 5.13 Å². The van der Waals surface area contributed by atoms with Crippen LogP contribution in [0, 0.1) is 6.92 Å². The van der Waals surface area contributed by atoms with Gasteiger partial charge in [-0.05, 0) is 25.1 Å². The van der Waals surface area contributed by atoms with E-state index >= 15 is 0 Å². The Kier molecular flexibility index (Phi) is 4.18. The van der Waals surface area contributed by atoms with Gasteiger partial charge in [-0.3, -0.25) is 14.5 Å². The van der Waals surface area contributed by atoms with E-state index in [1.165, 1.54) is 21.1 Å². The summed E-state index contributed by atoms with van der Waals surface area (Å²) in [4.78, 5) is 33.0. The van der Waals surface area contributed by atoms with E-state index in [-0.39, 0.29) is 18.4 Å². The van der Waals surface area contributed by atoms with Gasteiger partial charge in [0.25, 0.3) is 5.91 Å². The second-order valence-corrected chi connectivity index (χ2v) is 8.03. The summed E-state index contributed by atoms with van der Waals surface area (Å²) in [6.45, 7) is 5.91. The number of benzene rings is 1. The summed E-state index contributed by atoms with van der Waals surface area (Å²) in [6, 6.07) is 11.3. The Balaban J connectivity index is 1.45. The average Bonchev–Trinajstić information content (AvgIpc) is 3.32. The van der Waals surface area contributed by atoms with Crippen molar-refractivity contribution in [3.8, 4) is 10.6 Å². The lowest BCUT2D eigenvalue weighted by Crippen LogP contribution is -2.32. The highest BCUT2D eigenvalue weighted by molar-refractivity contribution is 7.17. The Morgan fingerprint density at radius 3 is 2.69 bits per heavy atom. The summed E-state index contributed by atoms with van der Waals surface area (Å²) in [7, 11) is 0. The second kappa shape index (κ2) is 6.51. The molecule has 1 aliphatic heterocycles. The smallest absolute Gasteiger partial charge is 0.259 e. The van der Waals surface area contributed by atoms with Gasteiger partial charge in [-0.1, -0.05) is 24.8 Å². The van der Waals surface area contributed by atoms with Crippen molar-refractivity contribution in [2.45, 2.75) is 6.92 Å². The van der Waals surface area contributed by atoms with Crippen molar-refractivity contribution < 1.29 is 9.59 Å². The summed E-state index contributed by atoms with van der Waals surface area (Å²) in [5, 5.41) is 5.20. The van der Waals surface area contributed by atoms with Crippen molar-refractivity contribution in [1.29, 1.82) is 0 Å². The predicted octanol–water partition coefficient (Wildman–Crippen LogP) is 4.25. The van der Waals surface area contributed by atoms with E-state index in [0.717, 1.165) is 16.1 Å². The van der Waals surface area contributed by atoms with Crippen LogP contribution in [0.1, 0.15) is 20.8 Å². The average molecular weight is 381 g/mol. The Labute approximate surface area is 158 Å². The third-order valence-corrected chi connectivity index (χ3v) is 5.87. The minimum atomic E-state index is -0.296. The molecular formula is C19H15N3O2S2. The summed E-state index contributed by atoms with van der Waals surface area (Å²) in [6.07, 6.45) is 0. The Morgan fingerprint density at radius 1 is 1.23 bits per heavy atom. The summed E-state index contributed by atoms with van der Waals surface area (Å²) < 4.78 is 0. The second-order valence-electron chi connectivity index (χ2n) is 5.88. The van der Waals surface area contributed by atoms with Crippen molar-refractivity contribution in [2.24, 2.45) is 0 Å². The molecule has 0 fully saturated rings. The molecule has 1 aliphatic rings. The molecule has 1 N–H and O–H groups in total. The normalized spacial score (nSPS) is 13.2. The lowest BCUT2D eigenvalue weighted by atomic mass is 10.1. The molecule has 4 rings (SSSR count).